The number of aliphatic carboxylic acids is 1. The Balaban J connectivity index is 2.67. The van der Waals surface area contributed by atoms with Gasteiger partial charge >= 0.3 is 12.0 Å². The molecule has 1 unspecified atom stereocenters. The molecule has 1 atom stereocenters. The molecule has 0 bridgehead atoms. The molecule has 0 spiro atoms. The summed E-state index contributed by atoms with van der Waals surface area (Å²) in [5, 5.41) is 9.10. The minimum Gasteiger partial charge on any atom is -0.480 e. The van der Waals surface area contributed by atoms with E-state index in [1.54, 1.807) is 16.7 Å². The molecule has 0 aromatic carbocycles. The van der Waals surface area contributed by atoms with Gasteiger partial charge in [0.25, 0.3) is 0 Å². The van der Waals surface area contributed by atoms with Crippen molar-refractivity contribution in [2.24, 2.45) is 0 Å². The molecule has 7 heteroatoms. The van der Waals surface area contributed by atoms with Crippen LogP contribution in [0, 0.1) is 0 Å². The number of urea groups is 1. The molecule has 20 heavy (non-hydrogen) atoms. The number of amides is 3. The van der Waals surface area contributed by atoms with Crippen LogP contribution in [0.15, 0.2) is 0 Å². The van der Waals surface area contributed by atoms with Crippen LogP contribution in [0.5, 0.6) is 0 Å². The fraction of sp³-hybridized carbons (Fsp3) is 0.769. The second-order valence-electron chi connectivity index (χ2n) is 5.00. The van der Waals surface area contributed by atoms with E-state index in [0.717, 1.165) is 0 Å². The predicted molar refractivity (Wildman–Crippen MR) is 73.3 cm³/mol. The van der Waals surface area contributed by atoms with Gasteiger partial charge in [0.15, 0.2) is 0 Å². The number of hydrogen-bond acceptors (Lipinski definition) is 3. The first-order valence-electron chi connectivity index (χ1n) is 6.88. The summed E-state index contributed by atoms with van der Waals surface area (Å²) in [7, 11) is 1.51. The second kappa shape index (κ2) is 7.12. The van der Waals surface area contributed by atoms with Gasteiger partial charge in [0.1, 0.15) is 6.04 Å². The Labute approximate surface area is 119 Å². The molecule has 3 amide bonds. The highest BCUT2D eigenvalue weighted by molar-refractivity contribution is 5.82. The number of rotatable bonds is 3. The Morgan fingerprint density at radius 3 is 2.20 bits per heavy atom. The van der Waals surface area contributed by atoms with E-state index in [9.17, 15) is 14.4 Å². The topological polar surface area (TPSA) is 81.2 Å². The van der Waals surface area contributed by atoms with Crippen LogP contribution in [0.3, 0.4) is 0 Å². The Hall–Kier alpha value is -1.79. The molecule has 1 rings (SSSR count). The monoisotopic (exact) mass is 285 g/mol. The van der Waals surface area contributed by atoms with Gasteiger partial charge in [-0.1, -0.05) is 6.92 Å². The van der Waals surface area contributed by atoms with Crippen molar-refractivity contribution in [1.82, 2.24) is 14.7 Å². The van der Waals surface area contributed by atoms with Gasteiger partial charge in [-0.05, 0) is 12.8 Å². The number of carboxylic acid groups (broad SMARTS) is 1. The van der Waals surface area contributed by atoms with Crippen molar-refractivity contribution in [1.29, 1.82) is 0 Å². The van der Waals surface area contributed by atoms with Gasteiger partial charge in [0.05, 0.1) is 0 Å². The average Bonchev–Trinajstić information content (AvgIpc) is 2.63. The van der Waals surface area contributed by atoms with Crippen molar-refractivity contribution in [3.63, 3.8) is 0 Å². The fourth-order valence-electron chi connectivity index (χ4n) is 2.39. The maximum absolute atomic E-state index is 12.3. The molecule has 1 fully saturated rings. The zero-order valence-corrected chi connectivity index (χ0v) is 12.3. The van der Waals surface area contributed by atoms with Gasteiger partial charge in [-0.3, -0.25) is 4.79 Å². The van der Waals surface area contributed by atoms with Crippen LogP contribution in [0.4, 0.5) is 4.79 Å². The van der Waals surface area contributed by atoms with Crippen LogP contribution >= 0.6 is 0 Å². The fourth-order valence-corrected chi connectivity index (χ4v) is 2.39. The minimum absolute atomic E-state index is 0.00428. The minimum atomic E-state index is -0.997. The van der Waals surface area contributed by atoms with Crippen molar-refractivity contribution in [2.45, 2.75) is 32.7 Å². The number of hydrogen-bond donors (Lipinski definition) is 1. The lowest BCUT2D eigenvalue weighted by Gasteiger charge is -2.30. The van der Waals surface area contributed by atoms with Gasteiger partial charge in [0, 0.05) is 40.2 Å². The third-order valence-corrected chi connectivity index (χ3v) is 3.65. The smallest absolute Gasteiger partial charge is 0.326 e. The zero-order valence-electron chi connectivity index (χ0n) is 12.3. The molecular weight excluding hydrogens is 262 g/mol. The molecule has 1 heterocycles. The summed E-state index contributed by atoms with van der Waals surface area (Å²) < 4.78 is 0. The normalized spacial score (nSPS) is 17.4. The molecule has 1 aliphatic heterocycles. The summed E-state index contributed by atoms with van der Waals surface area (Å²) >= 11 is 0. The highest BCUT2D eigenvalue weighted by atomic mass is 16.4. The Kier molecular flexibility index (Phi) is 5.79. The van der Waals surface area contributed by atoms with Crippen LogP contribution in [-0.4, -0.2) is 77.0 Å². The van der Waals surface area contributed by atoms with Crippen LogP contribution in [-0.2, 0) is 9.59 Å². The summed E-state index contributed by atoms with van der Waals surface area (Å²) in [6.45, 7) is 5.38. The molecule has 0 aliphatic carbocycles. The van der Waals surface area contributed by atoms with E-state index in [4.69, 9.17) is 5.11 Å². The second-order valence-corrected chi connectivity index (χ2v) is 5.00. The van der Waals surface area contributed by atoms with Crippen molar-refractivity contribution >= 4 is 17.9 Å². The molecule has 0 aromatic heterocycles. The van der Waals surface area contributed by atoms with Gasteiger partial charge in [-0.2, -0.15) is 0 Å². The van der Waals surface area contributed by atoms with Crippen molar-refractivity contribution in [3.05, 3.63) is 0 Å². The number of carbonyl (C=O) groups excluding carboxylic acids is 2. The average molecular weight is 285 g/mol. The highest BCUT2D eigenvalue weighted by Crippen LogP contribution is 2.10. The quantitative estimate of drug-likeness (QED) is 0.816. The maximum atomic E-state index is 12.3. The summed E-state index contributed by atoms with van der Waals surface area (Å²) in [4.78, 5) is 39.4. The molecule has 0 aromatic rings. The number of carbonyl (C=O) groups is 3. The molecule has 7 nitrogen and oxygen atoms in total. The molecule has 114 valence electrons. The predicted octanol–water partition coefficient (Wildman–Crippen LogP) is 0.456. The van der Waals surface area contributed by atoms with E-state index in [1.807, 2.05) is 0 Å². The summed E-state index contributed by atoms with van der Waals surface area (Å²) in [5.74, 6) is -0.992. The number of likely N-dealkylation sites (N-methyl/N-ethyl adjacent to an activating group) is 1. The van der Waals surface area contributed by atoms with Gasteiger partial charge in [0.2, 0.25) is 5.91 Å². The largest absolute Gasteiger partial charge is 0.480 e. The third kappa shape index (κ3) is 3.85. The highest BCUT2D eigenvalue weighted by Gasteiger charge is 2.29. The number of nitrogens with zero attached hydrogens (tertiary/aromatic N) is 3. The van der Waals surface area contributed by atoms with Crippen LogP contribution in [0.25, 0.3) is 0 Å². The third-order valence-electron chi connectivity index (χ3n) is 3.65. The molecule has 0 saturated carbocycles. The van der Waals surface area contributed by atoms with Gasteiger partial charge in [-0.25, -0.2) is 9.59 Å². The first kappa shape index (κ1) is 16.3. The zero-order chi connectivity index (χ0) is 15.3. The lowest BCUT2D eigenvalue weighted by Crippen LogP contribution is -2.49. The molecule has 0 radical (unpaired) electrons. The molecule has 1 saturated heterocycles. The first-order chi connectivity index (χ1) is 9.38. The first-order valence-corrected chi connectivity index (χ1v) is 6.88. The summed E-state index contributed by atoms with van der Waals surface area (Å²) in [5.41, 5.74) is 0. The van der Waals surface area contributed by atoms with E-state index in [0.29, 0.717) is 39.0 Å². The molecule has 1 N–H and O–H groups in total. The lowest BCUT2D eigenvalue weighted by atomic mass is 10.2. The van der Waals surface area contributed by atoms with E-state index in [-0.39, 0.29) is 11.9 Å². The van der Waals surface area contributed by atoms with E-state index >= 15 is 0 Å². The summed E-state index contributed by atoms with van der Waals surface area (Å²) in [6.07, 6.45) is 1.08. The Morgan fingerprint density at radius 1 is 1.15 bits per heavy atom. The van der Waals surface area contributed by atoms with Crippen molar-refractivity contribution in [3.8, 4) is 0 Å². The van der Waals surface area contributed by atoms with E-state index < -0.39 is 12.0 Å². The molecular formula is C13H23N3O4. The van der Waals surface area contributed by atoms with Crippen molar-refractivity contribution < 1.29 is 19.5 Å². The summed E-state index contributed by atoms with van der Waals surface area (Å²) in [6, 6.07) is -1.10. The van der Waals surface area contributed by atoms with Crippen LogP contribution in [0.1, 0.15) is 26.7 Å². The molecule has 1 aliphatic rings. The Bertz CT molecular complexity index is 386. The maximum Gasteiger partial charge on any atom is 0.326 e. The van der Waals surface area contributed by atoms with Crippen LogP contribution < -0.4 is 0 Å². The SMILES string of the molecule is CCC(C(=O)O)N(C)C(=O)N1CCCN(C(C)=O)CC1. The number of carboxylic acids is 1. The van der Waals surface area contributed by atoms with Crippen LogP contribution in [0.2, 0.25) is 0 Å². The van der Waals surface area contributed by atoms with E-state index in [2.05, 4.69) is 0 Å². The lowest BCUT2D eigenvalue weighted by molar-refractivity contribution is -0.142. The van der Waals surface area contributed by atoms with Gasteiger partial charge < -0.3 is 19.8 Å². The van der Waals surface area contributed by atoms with Crippen molar-refractivity contribution in [2.75, 3.05) is 33.2 Å². The Morgan fingerprint density at radius 2 is 1.70 bits per heavy atom. The van der Waals surface area contributed by atoms with E-state index in [1.165, 1.54) is 18.9 Å². The standard InChI is InChI=1S/C13H23N3O4/c1-4-11(12(18)19)14(3)13(20)16-7-5-6-15(8-9-16)10(2)17/h11H,4-9H2,1-3H3,(H,18,19). The van der Waals surface area contributed by atoms with Gasteiger partial charge in [-0.15, -0.1) is 0 Å².